The Balaban J connectivity index is 1.56. The fraction of sp³-hybridized carbons (Fsp3) is 0.303. The molecule has 1 saturated heterocycles. The van der Waals surface area contributed by atoms with Gasteiger partial charge in [0.15, 0.2) is 5.78 Å². The molecule has 196 valence electrons. The molecule has 5 nitrogen and oxygen atoms in total. The van der Waals surface area contributed by atoms with Crippen LogP contribution >= 0.6 is 0 Å². The van der Waals surface area contributed by atoms with Crippen molar-refractivity contribution in [2.45, 2.75) is 58.4 Å². The van der Waals surface area contributed by atoms with Gasteiger partial charge < -0.3 is 4.90 Å². The fourth-order valence-electron chi connectivity index (χ4n) is 5.13. The summed E-state index contributed by atoms with van der Waals surface area (Å²) < 4.78 is 0. The van der Waals surface area contributed by atoms with Crippen molar-refractivity contribution in [2.75, 3.05) is 6.54 Å². The number of benzene rings is 3. The number of Topliss-reactive ketones (excluding diaryl/α,β-unsaturated/α-hetero) is 1. The number of ketones is 1. The predicted molar refractivity (Wildman–Crippen MR) is 156 cm³/mol. The molecule has 1 unspecified atom stereocenters. The number of carbonyl (C=O) groups excluding carboxylic acids is 2. The van der Waals surface area contributed by atoms with E-state index in [0.717, 1.165) is 67.3 Å². The van der Waals surface area contributed by atoms with Gasteiger partial charge in [-0.3, -0.25) is 4.79 Å². The smallest absolute Gasteiger partial charge is 0.320 e. The van der Waals surface area contributed by atoms with E-state index in [1.54, 1.807) is 6.92 Å². The summed E-state index contributed by atoms with van der Waals surface area (Å²) >= 11 is 0. The maximum atomic E-state index is 13.7. The lowest BCUT2D eigenvalue weighted by Crippen LogP contribution is -2.48. The van der Waals surface area contributed by atoms with E-state index < -0.39 is 0 Å². The van der Waals surface area contributed by atoms with E-state index >= 15 is 0 Å². The Morgan fingerprint density at radius 3 is 2.42 bits per heavy atom. The number of hydrogen-bond acceptors (Lipinski definition) is 3. The Morgan fingerprint density at radius 1 is 0.974 bits per heavy atom. The van der Waals surface area contributed by atoms with Gasteiger partial charge in [-0.2, -0.15) is 10.1 Å². The number of allylic oxidation sites excluding steroid dienone is 1. The van der Waals surface area contributed by atoms with Gasteiger partial charge in [0.2, 0.25) is 0 Å². The molecule has 3 aromatic carbocycles. The second-order valence-corrected chi connectivity index (χ2v) is 9.92. The zero-order valence-electron chi connectivity index (χ0n) is 22.5. The van der Waals surface area contributed by atoms with Gasteiger partial charge in [0.05, 0.1) is 0 Å². The quantitative estimate of drug-likeness (QED) is 0.168. The largest absolute Gasteiger partial charge is 0.344 e. The van der Waals surface area contributed by atoms with Crippen molar-refractivity contribution < 1.29 is 9.59 Å². The van der Waals surface area contributed by atoms with Gasteiger partial charge in [0, 0.05) is 31.1 Å². The molecule has 0 radical (unpaired) electrons. The number of amides is 2. The highest BCUT2D eigenvalue weighted by Crippen LogP contribution is 2.28. The molecule has 5 heteroatoms. The molecule has 0 aliphatic carbocycles. The second-order valence-electron chi connectivity index (χ2n) is 9.92. The molecule has 1 atom stereocenters. The molecule has 0 bridgehead atoms. The van der Waals surface area contributed by atoms with Gasteiger partial charge in [-0.25, -0.2) is 4.79 Å². The van der Waals surface area contributed by atoms with E-state index in [4.69, 9.17) is 0 Å². The van der Waals surface area contributed by atoms with Gasteiger partial charge in [0.1, 0.15) is 0 Å². The Kier molecular flexibility index (Phi) is 9.26. The molecule has 4 rings (SSSR count). The Bertz CT molecular complexity index is 1280. The number of piperidine rings is 1. The lowest BCUT2D eigenvalue weighted by Gasteiger charge is -2.37. The van der Waals surface area contributed by atoms with Gasteiger partial charge in [0.25, 0.3) is 0 Å². The van der Waals surface area contributed by atoms with Crippen molar-refractivity contribution in [1.82, 2.24) is 9.91 Å². The molecule has 1 aliphatic heterocycles. The van der Waals surface area contributed by atoms with Crippen LogP contribution < -0.4 is 0 Å². The summed E-state index contributed by atoms with van der Waals surface area (Å²) in [7, 11) is 0. The first-order valence-corrected chi connectivity index (χ1v) is 13.5. The van der Waals surface area contributed by atoms with Crippen LogP contribution in [0.1, 0.15) is 67.4 Å². The number of carbonyl (C=O) groups is 2. The summed E-state index contributed by atoms with van der Waals surface area (Å²) in [5.41, 5.74) is 6.07. The highest BCUT2D eigenvalue weighted by Gasteiger charge is 2.29. The minimum Gasteiger partial charge on any atom is -0.320 e. The zero-order chi connectivity index (χ0) is 26.9. The molecule has 0 spiro atoms. The van der Waals surface area contributed by atoms with Crippen LogP contribution in [0, 0.1) is 0 Å². The first kappa shape index (κ1) is 27.1. The van der Waals surface area contributed by atoms with Gasteiger partial charge >= 0.3 is 6.03 Å². The molecule has 0 saturated carbocycles. The highest BCUT2D eigenvalue weighted by molar-refractivity contribution is 5.95. The monoisotopic (exact) mass is 507 g/mol. The van der Waals surface area contributed by atoms with E-state index in [2.05, 4.69) is 55.1 Å². The molecule has 0 N–H and O–H groups in total. The molecular formula is C33H37N3O2. The van der Waals surface area contributed by atoms with Gasteiger partial charge in [-0.05, 0) is 72.9 Å². The Morgan fingerprint density at radius 2 is 1.74 bits per heavy atom. The van der Waals surface area contributed by atoms with Gasteiger partial charge in [-0.1, -0.05) is 86.1 Å². The van der Waals surface area contributed by atoms with Crippen LogP contribution in [0.5, 0.6) is 0 Å². The second kappa shape index (κ2) is 13.0. The number of rotatable bonds is 9. The molecule has 3 aromatic rings. The molecular weight excluding hydrogens is 470 g/mol. The average molecular weight is 508 g/mol. The van der Waals surface area contributed by atoms with Crippen molar-refractivity contribution in [2.24, 2.45) is 5.10 Å². The molecule has 38 heavy (non-hydrogen) atoms. The minimum absolute atomic E-state index is 0.0537. The van der Waals surface area contributed by atoms with Crippen LogP contribution in [-0.4, -0.2) is 41.0 Å². The van der Waals surface area contributed by atoms with E-state index in [9.17, 15) is 9.59 Å². The van der Waals surface area contributed by atoms with Crippen molar-refractivity contribution >= 4 is 24.1 Å². The highest BCUT2D eigenvalue weighted by atomic mass is 16.2. The van der Waals surface area contributed by atoms with Crippen molar-refractivity contribution in [3.05, 3.63) is 102 Å². The topological polar surface area (TPSA) is 53.0 Å². The van der Waals surface area contributed by atoms with E-state index in [-0.39, 0.29) is 17.9 Å². The number of hydrazone groups is 1. The Hall–Kier alpha value is -3.99. The summed E-state index contributed by atoms with van der Waals surface area (Å²) in [6.45, 7) is 8.17. The first-order chi connectivity index (χ1) is 18.5. The molecule has 0 aromatic heterocycles. The van der Waals surface area contributed by atoms with E-state index in [1.165, 1.54) is 10.6 Å². The third-order valence-electron chi connectivity index (χ3n) is 7.19. The predicted octanol–water partition coefficient (Wildman–Crippen LogP) is 7.83. The zero-order valence-corrected chi connectivity index (χ0v) is 22.5. The normalized spacial score (nSPS) is 15.7. The standard InChI is InChI=1S/C33H37N3O2/c1-4-11-31(28-19-17-27(18-20-28)30-15-10-14-29(23-30)25(2)37)24-36(34-3)33(38)35-21-9-8-16-32(35)22-26-12-6-5-7-13-26/h5-7,10,12-15,17-20,23-24,32H,3-4,8-9,11,16,21-22H2,1-2H3/b31-24+. The average Bonchev–Trinajstić information content (AvgIpc) is 2.96. The number of nitrogens with zero attached hydrogens (tertiary/aromatic N) is 3. The van der Waals surface area contributed by atoms with Crippen LogP contribution in [0.4, 0.5) is 4.79 Å². The van der Waals surface area contributed by atoms with Gasteiger partial charge in [-0.15, -0.1) is 0 Å². The fourth-order valence-corrected chi connectivity index (χ4v) is 5.13. The minimum atomic E-state index is -0.119. The number of likely N-dealkylation sites (tertiary alicyclic amines) is 1. The lowest BCUT2D eigenvalue weighted by molar-refractivity contribution is 0.101. The molecule has 1 aliphatic rings. The molecule has 2 amide bonds. The van der Waals surface area contributed by atoms with Crippen molar-refractivity contribution in [1.29, 1.82) is 0 Å². The summed E-state index contributed by atoms with van der Waals surface area (Å²) in [5, 5.41) is 5.54. The molecule has 1 heterocycles. The molecule has 1 fully saturated rings. The van der Waals surface area contributed by atoms with Crippen LogP contribution in [0.2, 0.25) is 0 Å². The van der Waals surface area contributed by atoms with Crippen molar-refractivity contribution in [3.63, 3.8) is 0 Å². The van der Waals surface area contributed by atoms with E-state index in [0.29, 0.717) is 5.56 Å². The van der Waals surface area contributed by atoms with Crippen LogP contribution in [0.25, 0.3) is 16.7 Å². The first-order valence-electron chi connectivity index (χ1n) is 13.5. The number of urea groups is 1. The third-order valence-corrected chi connectivity index (χ3v) is 7.19. The van der Waals surface area contributed by atoms with Crippen LogP contribution in [0.15, 0.2) is 90.2 Å². The summed E-state index contributed by atoms with van der Waals surface area (Å²) in [6.07, 6.45) is 7.55. The van der Waals surface area contributed by atoms with Crippen LogP contribution in [0.3, 0.4) is 0 Å². The number of hydrogen-bond donors (Lipinski definition) is 0. The summed E-state index contributed by atoms with van der Waals surface area (Å²) in [5.74, 6) is 0.0537. The maximum absolute atomic E-state index is 13.7. The Labute approximate surface area is 226 Å². The maximum Gasteiger partial charge on any atom is 0.344 e. The summed E-state index contributed by atoms with van der Waals surface area (Å²) in [6, 6.07) is 26.3. The third kappa shape index (κ3) is 6.65. The SMILES string of the molecule is C=NN(/C=C(\CCC)c1ccc(-c2cccc(C(C)=O)c2)cc1)C(=O)N1CCCCC1Cc1ccccc1. The van der Waals surface area contributed by atoms with Crippen molar-refractivity contribution in [3.8, 4) is 11.1 Å². The summed E-state index contributed by atoms with van der Waals surface area (Å²) in [4.78, 5) is 27.4. The lowest BCUT2D eigenvalue weighted by atomic mass is 9.96. The van der Waals surface area contributed by atoms with E-state index in [1.807, 2.05) is 53.6 Å². The van der Waals surface area contributed by atoms with Crippen LogP contribution in [-0.2, 0) is 6.42 Å².